The Morgan fingerprint density at radius 3 is 2.77 bits per heavy atom. The van der Waals surface area contributed by atoms with Crippen LogP contribution in [-0.2, 0) is 4.74 Å². The second kappa shape index (κ2) is 7.34. The minimum absolute atomic E-state index is 0.00216. The van der Waals surface area contributed by atoms with Gasteiger partial charge in [-0.1, -0.05) is 11.6 Å². The topological polar surface area (TPSA) is 87.3 Å². The van der Waals surface area contributed by atoms with Crippen molar-refractivity contribution in [3.8, 4) is 0 Å². The molecule has 0 bridgehead atoms. The Labute approximate surface area is 151 Å². The van der Waals surface area contributed by atoms with E-state index in [0.717, 1.165) is 0 Å². The number of carbonyl (C=O) groups is 1. The number of H-pyrrole nitrogens is 1. The van der Waals surface area contributed by atoms with Crippen LogP contribution in [0, 0.1) is 0 Å². The molecule has 0 spiro atoms. The summed E-state index contributed by atoms with van der Waals surface area (Å²) in [5.74, 6) is -2.70. The number of alkyl carbamates (subject to hydrolysis) is 1. The van der Waals surface area contributed by atoms with Crippen LogP contribution in [-0.4, -0.2) is 53.6 Å². The Balaban J connectivity index is 1.55. The van der Waals surface area contributed by atoms with Gasteiger partial charge in [0.1, 0.15) is 5.02 Å². The number of halogens is 4. The summed E-state index contributed by atoms with van der Waals surface area (Å²) in [6.07, 6.45) is -2.39. The molecule has 1 aromatic rings. The van der Waals surface area contributed by atoms with E-state index >= 15 is 0 Å². The molecule has 2 aliphatic rings. The third kappa shape index (κ3) is 4.22. The molecule has 2 atom stereocenters. The molecule has 144 valence electrons. The van der Waals surface area contributed by atoms with Crippen LogP contribution in [0.5, 0.6) is 0 Å². The zero-order chi connectivity index (χ0) is 18.9. The van der Waals surface area contributed by atoms with Crippen LogP contribution < -0.4 is 15.8 Å². The lowest BCUT2D eigenvalue weighted by Crippen LogP contribution is -2.42. The van der Waals surface area contributed by atoms with Crippen LogP contribution in [0.2, 0.25) is 5.02 Å². The smallest absolute Gasteiger partial charge is 0.407 e. The van der Waals surface area contributed by atoms with E-state index in [0.29, 0.717) is 0 Å². The molecule has 2 N–H and O–H groups in total. The molecular weight excluding hydrogens is 377 g/mol. The average molecular weight is 395 g/mol. The SMILES string of the molecule is O=C(NC1CCC(F)(F)CC1)O[C@@H]1CN(c2cn[nH]c(=O)c2Cl)C[C@H]1F. The highest BCUT2D eigenvalue weighted by Gasteiger charge is 2.39. The van der Waals surface area contributed by atoms with Gasteiger partial charge in [0.05, 0.1) is 25.0 Å². The molecule has 2 heterocycles. The van der Waals surface area contributed by atoms with Crippen molar-refractivity contribution in [2.75, 3.05) is 18.0 Å². The fourth-order valence-electron chi connectivity index (χ4n) is 3.16. The van der Waals surface area contributed by atoms with Gasteiger partial charge >= 0.3 is 6.09 Å². The van der Waals surface area contributed by atoms with Crippen LogP contribution >= 0.6 is 11.6 Å². The molecule has 1 saturated heterocycles. The number of carbonyl (C=O) groups excluding carboxylic acids is 1. The number of hydrogen-bond acceptors (Lipinski definition) is 5. The third-order valence-electron chi connectivity index (χ3n) is 4.61. The number of alkyl halides is 3. The number of aromatic nitrogens is 2. The van der Waals surface area contributed by atoms with E-state index in [1.165, 1.54) is 11.1 Å². The maximum Gasteiger partial charge on any atom is 0.407 e. The van der Waals surface area contributed by atoms with Gasteiger partial charge in [0, 0.05) is 18.9 Å². The summed E-state index contributed by atoms with van der Waals surface area (Å²) < 4.78 is 45.5. The standard InChI is InChI=1S/C15H18ClF3N4O3/c16-12-10(5-20-22-13(12)24)23-6-9(17)11(7-23)26-14(25)21-8-1-3-15(18,19)4-2-8/h5,8-9,11H,1-4,6-7H2,(H,21,25)(H,22,24)/t9-,11-/m1/s1. The third-order valence-corrected chi connectivity index (χ3v) is 4.98. The quantitative estimate of drug-likeness (QED) is 0.821. The first-order valence-electron chi connectivity index (χ1n) is 8.22. The molecule has 1 aliphatic heterocycles. The lowest BCUT2D eigenvalue weighted by Gasteiger charge is -2.29. The van der Waals surface area contributed by atoms with Crippen molar-refractivity contribution in [3.63, 3.8) is 0 Å². The van der Waals surface area contributed by atoms with Crippen molar-refractivity contribution in [2.24, 2.45) is 0 Å². The fourth-order valence-corrected chi connectivity index (χ4v) is 3.37. The molecule has 1 saturated carbocycles. The largest absolute Gasteiger partial charge is 0.441 e. The molecule has 7 nitrogen and oxygen atoms in total. The van der Waals surface area contributed by atoms with Crippen molar-refractivity contribution in [2.45, 2.75) is 49.9 Å². The number of amides is 1. The van der Waals surface area contributed by atoms with Crippen molar-refractivity contribution in [3.05, 3.63) is 21.6 Å². The predicted octanol–water partition coefficient (Wildman–Crippen LogP) is 2.25. The second-order valence-electron chi connectivity index (χ2n) is 6.54. The van der Waals surface area contributed by atoms with Crippen LogP contribution in [0.15, 0.2) is 11.0 Å². The van der Waals surface area contributed by atoms with Gasteiger partial charge < -0.3 is 15.0 Å². The number of hydrogen-bond donors (Lipinski definition) is 2. The molecule has 26 heavy (non-hydrogen) atoms. The molecule has 2 fully saturated rings. The maximum atomic E-state index is 14.2. The lowest BCUT2D eigenvalue weighted by molar-refractivity contribution is -0.0408. The molecule has 0 radical (unpaired) electrons. The summed E-state index contributed by atoms with van der Waals surface area (Å²) in [5.41, 5.74) is -0.352. The van der Waals surface area contributed by atoms with Crippen molar-refractivity contribution >= 4 is 23.4 Å². The van der Waals surface area contributed by atoms with Crippen LogP contribution in [0.4, 0.5) is 23.7 Å². The maximum absolute atomic E-state index is 14.2. The summed E-state index contributed by atoms with van der Waals surface area (Å²) >= 11 is 5.90. The highest BCUT2D eigenvalue weighted by Crippen LogP contribution is 2.33. The number of nitrogens with one attached hydrogen (secondary N) is 2. The van der Waals surface area contributed by atoms with Gasteiger partial charge in [-0.2, -0.15) is 5.10 Å². The normalized spacial score (nSPS) is 25.9. The molecule has 1 amide bonds. The Bertz CT molecular complexity index is 722. The van der Waals surface area contributed by atoms with Gasteiger partial charge in [0.25, 0.3) is 5.56 Å². The number of nitrogens with zero attached hydrogens (tertiary/aromatic N) is 2. The number of rotatable bonds is 3. The van der Waals surface area contributed by atoms with Crippen LogP contribution in [0.25, 0.3) is 0 Å². The Morgan fingerprint density at radius 1 is 1.38 bits per heavy atom. The van der Waals surface area contributed by atoms with E-state index in [1.807, 2.05) is 0 Å². The zero-order valence-electron chi connectivity index (χ0n) is 13.7. The van der Waals surface area contributed by atoms with Crippen molar-refractivity contribution < 1.29 is 22.7 Å². The van der Waals surface area contributed by atoms with E-state index in [9.17, 15) is 22.8 Å². The van der Waals surface area contributed by atoms with Crippen molar-refractivity contribution in [1.82, 2.24) is 15.5 Å². The predicted molar refractivity (Wildman–Crippen MR) is 87.6 cm³/mol. The molecule has 0 aromatic carbocycles. The summed E-state index contributed by atoms with van der Waals surface area (Å²) in [7, 11) is 0. The molecule has 11 heteroatoms. The van der Waals surface area contributed by atoms with Crippen molar-refractivity contribution in [1.29, 1.82) is 0 Å². The molecule has 1 aliphatic carbocycles. The summed E-state index contributed by atoms with van der Waals surface area (Å²) in [6, 6.07) is -0.413. The first-order valence-corrected chi connectivity index (χ1v) is 8.60. The Morgan fingerprint density at radius 2 is 2.08 bits per heavy atom. The summed E-state index contributed by atoms with van der Waals surface area (Å²) in [4.78, 5) is 24.9. The average Bonchev–Trinajstić information content (AvgIpc) is 2.92. The summed E-state index contributed by atoms with van der Waals surface area (Å²) in [6.45, 7) is -0.110. The van der Waals surface area contributed by atoms with E-state index in [4.69, 9.17) is 16.3 Å². The van der Waals surface area contributed by atoms with Gasteiger partial charge in [-0.15, -0.1) is 0 Å². The van der Waals surface area contributed by atoms with Gasteiger partial charge in [0.2, 0.25) is 5.92 Å². The monoisotopic (exact) mass is 394 g/mol. The minimum atomic E-state index is -2.70. The van der Waals surface area contributed by atoms with E-state index in [2.05, 4.69) is 15.5 Å². The number of anilines is 1. The van der Waals surface area contributed by atoms with Gasteiger partial charge in [-0.25, -0.2) is 23.1 Å². The molecule has 1 aromatic heterocycles. The van der Waals surface area contributed by atoms with Crippen LogP contribution in [0.1, 0.15) is 25.7 Å². The minimum Gasteiger partial charge on any atom is -0.441 e. The summed E-state index contributed by atoms with van der Waals surface area (Å²) in [5, 5.41) is 8.17. The van der Waals surface area contributed by atoms with Gasteiger partial charge in [-0.05, 0) is 12.8 Å². The highest BCUT2D eigenvalue weighted by molar-refractivity contribution is 6.33. The fraction of sp³-hybridized carbons (Fsp3) is 0.667. The second-order valence-corrected chi connectivity index (χ2v) is 6.92. The van der Waals surface area contributed by atoms with E-state index < -0.39 is 35.9 Å². The highest BCUT2D eigenvalue weighted by atomic mass is 35.5. The van der Waals surface area contributed by atoms with E-state index in [-0.39, 0.29) is 49.5 Å². The zero-order valence-corrected chi connectivity index (χ0v) is 14.4. The lowest BCUT2D eigenvalue weighted by atomic mass is 9.92. The Kier molecular flexibility index (Phi) is 5.31. The Hall–Kier alpha value is -1.97. The number of ether oxygens (including phenoxy) is 1. The van der Waals surface area contributed by atoms with Crippen LogP contribution in [0.3, 0.4) is 0 Å². The first-order chi connectivity index (χ1) is 12.2. The first kappa shape index (κ1) is 18.8. The van der Waals surface area contributed by atoms with Gasteiger partial charge in [-0.3, -0.25) is 4.79 Å². The number of aromatic amines is 1. The van der Waals surface area contributed by atoms with E-state index in [1.54, 1.807) is 0 Å². The van der Waals surface area contributed by atoms with Gasteiger partial charge in [0.15, 0.2) is 12.3 Å². The molecular formula is C15H18ClF3N4O3. The molecule has 0 unspecified atom stereocenters. The molecule has 3 rings (SSSR count).